The topological polar surface area (TPSA) is 15.3 Å². The second kappa shape index (κ2) is 6.88. The van der Waals surface area contributed by atoms with E-state index in [9.17, 15) is 0 Å². The molecular formula is C13H21BrN2S. The van der Waals surface area contributed by atoms with Gasteiger partial charge < -0.3 is 10.2 Å². The van der Waals surface area contributed by atoms with E-state index in [4.69, 9.17) is 0 Å². The number of hydrogen-bond donors (Lipinski definition) is 1. The quantitative estimate of drug-likeness (QED) is 0.894. The van der Waals surface area contributed by atoms with Crippen LogP contribution in [0.4, 0.5) is 0 Å². The van der Waals surface area contributed by atoms with Gasteiger partial charge in [-0.25, -0.2) is 0 Å². The fraction of sp³-hybridized carbons (Fsp3) is 0.692. The number of halogens is 1. The average Bonchev–Trinajstić information content (AvgIpc) is 2.74. The summed E-state index contributed by atoms with van der Waals surface area (Å²) >= 11 is 5.31. The minimum absolute atomic E-state index is 0.578. The predicted molar refractivity (Wildman–Crippen MR) is 78.6 cm³/mol. The molecular weight excluding hydrogens is 296 g/mol. The Balaban J connectivity index is 1.68. The van der Waals surface area contributed by atoms with Crippen LogP contribution in [0.3, 0.4) is 0 Å². The molecule has 0 bridgehead atoms. The summed E-state index contributed by atoms with van der Waals surface area (Å²) in [5.41, 5.74) is 0. The van der Waals surface area contributed by atoms with E-state index in [1.807, 2.05) is 11.3 Å². The molecule has 2 rings (SSSR count). The summed E-state index contributed by atoms with van der Waals surface area (Å²) in [5, 5.41) is 5.75. The van der Waals surface area contributed by atoms with Crippen molar-refractivity contribution < 1.29 is 0 Å². The normalized spacial score (nSPS) is 19.4. The molecule has 1 fully saturated rings. The van der Waals surface area contributed by atoms with Crippen molar-refractivity contribution in [2.75, 3.05) is 19.6 Å². The second-order valence-electron chi connectivity index (χ2n) is 4.87. The molecule has 17 heavy (non-hydrogen) atoms. The molecule has 0 aliphatic carbocycles. The molecule has 0 amide bonds. The average molecular weight is 317 g/mol. The van der Waals surface area contributed by atoms with Gasteiger partial charge in [0.05, 0.1) is 0 Å². The number of rotatable bonds is 5. The Bertz CT molecular complexity index is 334. The highest BCUT2D eigenvalue weighted by Gasteiger charge is 2.13. The number of likely N-dealkylation sites (tertiary alicyclic amines) is 1. The second-order valence-corrected chi connectivity index (χ2v) is 6.79. The molecule has 1 unspecified atom stereocenters. The van der Waals surface area contributed by atoms with E-state index in [0.29, 0.717) is 6.04 Å². The molecule has 1 N–H and O–H groups in total. The molecule has 0 saturated carbocycles. The monoisotopic (exact) mass is 316 g/mol. The third-order valence-corrected chi connectivity index (χ3v) is 4.92. The summed E-state index contributed by atoms with van der Waals surface area (Å²) in [6.45, 7) is 7.04. The van der Waals surface area contributed by atoms with Crippen molar-refractivity contribution in [2.24, 2.45) is 0 Å². The van der Waals surface area contributed by atoms with Gasteiger partial charge in [0, 0.05) is 33.9 Å². The summed E-state index contributed by atoms with van der Waals surface area (Å²) in [6.07, 6.45) is 4.18. The van der Waals surface area contributed by atoms with E-state index in [1.54, 1.807) is 0 Å². The zero-order chi connectivity index (χ0) is 12.1. The van der Waals surface area contributed by atoms with Gasteiger partial charge >= 0.3 is 0 Å². The maximum Gasteiger partial charge on any atom is 0.0303 e. The van der Waals surface area contributed by atoms with Crippen LogP contribution in [0.5, 0.6) is 0 Å². The Labute approximate surface area is 117 Å². The fourth-order valence-electron chi connectivity index (χ4n) is 2.32. The van der Waals surface area contributed by atoms with Crippen LogP contribution in [0, 0.1) is 0 Å². The molecule has 4 heteroatoms. The van der Waals surface area contributed by atoms with Crippen LogP contribution >= 0.6 is 27.3 Å². The zero-order valence-electron chi connectivity index (χ0n) is 10.4. The van der Waals surface area contributed by atoms with Crippen molar-refractivity contribution in [3.63, 3.8) is 0 Å². The van der Waals surface area contributed by atoms with Crippen LogP contribution in [0.25, 0.3) is 0 Å². The lowest BCUT2D eigenvalue weighted by Crippen LogP contribution is -2.41. The molecule has 2 nitrogen and oxygen atoms in total. The minimum atomic E-state index is 0.578. The first kappa shape index (κ1) is 13.5. The van der Waals surface area contributed by atoms with Crippen LogP contribution in [0.1, 0.15) is 31.1 Å². The Morgan fingerprint density at radius 3 is 2.82 bits per heavy atom. The van der Waals surface area contributed by atoms with Crippen molar-refractivity contribution >= 4 is 27.3 Å². The van der Waals surface area contributed by atoms with Gasteiger partial charge in [0.25, 0.3) is 0 Å². The van der Waals surface area contributed by atoms with E-state index in [2.05, 4.69) is 44.5 Å². The van der Waals surface area contributed by atoms with E-state index in [-0.39, 0.29) is 0 Å². The first-order valence-corrected chi connectivity index (χ1v) is 8.10. The largest absolute Gasteiger partial charge is 0.308 e. The molecule has 1 saturated heterocycles. The lowest BCUT2D eigenvalue weighted by atomic mass is 10.1. The Morgan fingerprint density at radius 2 is 2.18 bits per heavy atom. The van der Waals surface area contributed by atoms with Crippen LogP contribution in [-0.2, 0) is 6.54 Å². The number of nitrogens with zero attached hydrogens (tertiary/aromatic N) is 1. The van der Waals surface area contributed by atoms with E-state index in [1.165, 1.54) is 48.2 Å². The highest BCUT2D eigenvalue weighted by molar-refractivity contribution is 9.10. The fourth-order valence-corrected chi connectivity index (χ4v) is 3.72. The molecule has 1 aliphatic rings. The third-order valence-electron chi connectivity index (χ3n) is 3.23. The molecule has 96 valence electrons. The first-order valence-electron chi connectivity index (χ1n) is 6.42. The third kappa shape index (κ3) is 4.70. The zero-order valence-corrected chi connectivity index (χ0v) is 12.8. The van der Waals surface area contributed by atoms with Gasteiger partial charge in [-0.05, 0) is 54.9 Å². The maximum atomic E-state index is 3.61. The molecule has 0 radical (unpaired) electrons. The predicted octanol–water partition coefficient (Wildman–Crippen LogP) is 3.47. The summed E-state index contributed by atoms with van der Waals surface area (Å²) in [7, 11) is 0. The Morgan fingerprint density at radius 1 is 1.41 bits per heavy atom. The van der Waals surface area contributed by atoms with Crippen molar-refractivity contribution in [3.8, 4) is 0 Å². The molecule has 1 aromatic heterocycles. The Hall–Kier alpha value is 0.1000. The summed E-state index contributed by atoms with van der Waals surface area (Å²) < 4.78 is 1.20. The molecule has 2 heterocycles. The van der Waals surface area contributed by atoms with Gasteiger partial charge in [0.2, 0.25) is 0 Å². The smallest absolute Gasteiger partial charge is 0.0303 e. The van der Waals surface area contributed by atoms with Crippen LogP contribution < -0.4 is 5.32 Å². The lowest BCUT2D eigenvalue weighted by molar-refractivity contribution is 0.209. The molecule has 0 spiro atoms. The highest BCUT2D eigenvalue weighted by atomic mass is 79.9. The molecule has 1 atom stereocenters. The minimum Gasteiger partial charge on any atom is -0.308 e. The highest BCUT2D eigenvalue weighted by Crippen LogP contribution is 2.19. The van der Waals surface area contributed by atoms with Gasteiger partial charge in [-0.15, -0.1) is 11.3 Å². The molecule has 1 aromatic rings. The first-order chi connectivity index (χ1) is 8.24. The van der Waals surface area contributed by atoms with Crippen LogP contribution in [-0.4, -0.2) is 30.6 Å². The van der Waals surface area contributed by atoms with E-state index < -0.39 is 0 Å². The van der Waals surface area contributed by atoms with Gasteiger partial charge in [0.1, 0.15) is 0 Å². The summed E-state index contributed by atoms with van der Waals surface area (Å²) in [4.78, 5) is 3.99. The molecule has 1 aliphatic heterocycles. The van der Waals surface area contributed by atoms with Crippen molar-refractivity contribution in [3.05, 3.63) is 20.8 Å². The maximum absolute atomic E-state index is 3.61. The SMILES string of the molecule is CC(CN1CCCCC1)NCc1cc(Br)cs1. The van der Waals surface area contributed by atoms with Gasteiger partial charge in [-0.3, -0.25) is 0 Å². The van der Waals surface area contributed by atoms with Gasteiger partial charge in [-0.1, -0.05) is 6.42 Å². The van der Waals surface area contributed by atoms with Crippen molar-refractivity contribution in [2.45, 2.75) is 38.8 Å². The standard InChI is InChI=1S/C13H21BrN2S/c1-11(9-16-5-3-2-4-6-16)15-8-13-7-12(14)10-17-13/h7,10-11,15H,2-6,8-9H2,1H3. The van der Waals surface area contributed by atoms with Crippen molar-refractivity contribution in [1.29, 1.82) is 0 Å². The summed E-state index contributed by atoms with van der Waals surface area (Å²) in [6, 6.07) is 2.78. The molecule has 0 aromatic carbocycles. The van der Waals surface area contributed by atoms with Gasteiger partial charge in [0.15, 0.2) is 0 Å². The number of hydrogen-bond acceptors (Lipinski definition) is 3. The van der Waals surface area contributed by atoms with Crippen LogP contribution in [0.2, 0.25) is 0 Å². The van der Waals surface area contributed by atoms with Gasteiger partial charge in [-0.2, -0.15) is 0 Å². The van der Waals surface area contributed by atoms with Crippen molar-refractivity contribution in [1.82, 2.24) is 10.2 Å². The van der Waals surface area contributed by atoms with E-state index in [0.717, 1.165) is 6.54 Å². The summed E-state index contributed by atoms with van der Waals surface area (Å²) in [5.74, 6) is 0. The number of piperidine rings is 1. The number of thiophene rings is 1. The van der Waals surface area contributed by atoms with E-state index >= 15 is 0 Å². The Kier molecular flexibility index (Phi) is 5.48. The van der Waals surface area contributed by atoms with Crippen LogP contribution in [0.15, 0.2) is 15.9 Å². The number of nitrogens with one attached hydrogen (secondary N) is 1. The lowest BCUT2D eigenvalue weighted by Gasteiger charge is -2.29.